The maximum Gasteiger partial charge on any atom is 0.145 e. The molecule has 0 spiro atoms. The summed E-state index contributed by atoms with van der Waals surface area (Å²) in [7, 11) is 3.80. The molecule has 1 rings (SSSR count). The van der Waals surface area contributed by atoms with Crippen LogP contribution < -0.4 is 5.43 Å². The highest BCUT2D eigenvalue weighted by atomic mass is 35.5. The quantitative estimate of drug-likeness (QED) is 0.615. The summed E-state index contributed by atoms with van der Waals surface area (Å²) >= 11 is 5.86. The lowest BCUT2D eigenvalue weighted by atomic mass is 10.3. The monoisotopic (exact) mass is 214 g/mol. The number of hydrazine groups is 1. The molecule has 14 heavy (non-hydrogen) atoms. The number of aryl methyl sites for hydroxylation is 1. The molecule has 0 aliphatic heterocycles. The lowest BCUT2D eigenvalue weighted by Gasteiger charge is -2.13. The van der Waals surface area contributed by atoms with Crippen molar-refractivity contribution in [2.75, 3.05) is 19.5 Å². The van der Waals surface area contributed by atoms with Crippen LogP contribution >= 0.6 is 11.6 Å². The van der Waals surface area contributed by atoms with Crippen LogP contribution in [0, 0.1) is 0 Å². The molecule has 0 aliphatic carbocycles. The molecule has 4 nitrogen and oxygen atoms in total. The van der Waals surface area contributed by atoms with E-state index in [1.165, 1.54) is 0 Å². The molecule has 0 radical (unpaired) electrons. The number of rotatable bonds is 4. The molecule has 1 aromatic rings. The van der Waals surface area contributed by atoms with Gasteiger partial charge in [0.2, 0.25) is 0 Å². The number of anilines is 1. The molecule has 0 saturated carbocycles. The number of nitrogens with one attached hydrogen (secondary N) is 1. The molecule has 0 unspecified atom stereocenters. The van der Waals surface area contributed by atoms with E-state index in [0.717, 1.165) is 24.5 Å². The van der Waals surface area contributed by atoms with Crippen LogP contribution in [0.15, 0.2) is 6.07 Å². The van der Waals surface area contributed by atoms with E-state index in [0.29, 0.717) is 5.15 Å². The van der Waals surface area contributed by atoms with E-state index in [1.54, 1.807) is 6.07 Å². The van der Waals surface area contributed by atoms with Crippen molar-refractivity contribution in [3.8, 4) is 0 Å². The Hall–Kier alpha value is -0.870. The van der Waals surface area contributed by atoms with Crippen molar-refractivity contribution in [1.82, 2.24) is 15.0 Å². The van der Waals surface area contributed by atoms with Crippen molar-refractivity contribution < 1.29 is 0 Å². The molecule has 5 heteroatoms. The summed E-state index contributed by atoms with van der Waals surface area (Å²) in [5.41, 5.74) is 3.04. The van der Waals surface area contributed by atoms with Gasteiger partial charge in [-0.1, -0.05) is 18.5 Å². The van der Waals surface area contributed by atoms with Crippen molar-refractivity contribution in [1.29, 1.82) is 0 Å². The smallest absolute Gasteiger partial charge is 0.145 e. The Balaban J connectivity index is 2.83. The zero-order chi connectivity index (χ0) is 10.6. The van der Waals surface area contributed by atoms with Gasteiger partial charge in [0.1, 0.15) is 16.8 Å². The molecule has 1 aromatic heterocycles. The third-order valence-electron chi connectivity index (χ3n) is 1.55. The zero-order valence-electron chi connectivity index (χ0n) is 8.71. The zero-order valence-corrected chi connectivity index (χ0v) is 9.47. The van der Waals surface area contributed by atoms with Crippen molar-refractivity contribution >= 4 is 17.4 Å². The second kappa shape index (κ2) is 5.12. The highest BCUT2D eigenvalue weighted by molar-refractivity contribution is 6.29. The highest BCUT2D eigenvalue weighted by Gasteiger charge is 2.02. The molecule has 0 atom stereocenters. The number of aromatic nitrogens is 2. The first-order chi connectivity index (χ1) is 6.61. The molecule has 1 N–H and O–H groups in total. The lowest BCUT2D eigenvalue weighted by molar-refractivity contribution is 0.491. The average molecular weight is 215 g/mol. The van der Waals surface area contributed by atoms with Crippen LogP contribution in [-0.4, -0.2) is 29.1 Å². The van der Waals surface area contributed by atoms with Gasteiger partial charge >= 0.3 is 0 Å². The van der Waals surface area contributed by atoms with E-state index in [1.807, 2.05) is 19.1 Å². The summed E-state index contributed by atoms with van der Waals surface area (Å²) in [6.45, 7) is 2.09. The Morgan fingerprint density at radius 3 is 2.71 bits per heavy atom. The molecular weight excluding hydrogens is 200 g/mol. The van der Waals surface area contributed by atoms with Gasteiger partial charge in [-0.05, 0) is 6.42 Å². The third-order valence-corrected chi connectivity index (χ3v) is 1.75. The van der Waals surface area contributed by atoms with Gasteiger partial charge in [-0.25, -0.2) is 15.0 Å². The summed E-state index contributed by atoms with van der Waals surface area (Å²) in [6.07, 6.45) is 1.87. The van der Waals surface area contributed by atoms with Crippen LogP contribution in [0.25, 0.3) is 0 Å². The third kappa shape index (κ3) is 3.47. The van der Waals surface area contributed by atoms with E-state index >= 15 is 0 Å². The van der Waals surface area contributed by atoms with E-state index in [-0.39, 0.29) is 0 Å². The van der Waals surface area contributed by atoms with Gasteiger partial charge in [0.15, 0.2) is 0 Å². The summed E-state index contributed by atoms with van der Waals surface area (Å²) in [4.78, 5) is 8.44. The molecule has 0 fully saturated rings. The van der Waals surface area contributed by atoms with E-state index in [9.17, 15) is 0 Å². The van der Waals surface area contributed by atoms with Crippen LogP contribution in [0.2, 0.25) is 5.15 Å². The van der Waals surface area contributed by atoms with E-state index < -0.39 is 0 Å². The molecule has 0 amide bonds. The molecule has 0 aromatic carbocycles. The van der Waals surface area contributed by atoms with E-state index in [2.05, 4.69) is 22.3 Å². The van der Waals surface area contributed by atoms with Gasteiger partial charge in [0.25, 0.3) is 0 Å². The molecule has 1 heterocycles. The fourth-order valence-corrected chi connectivity index (χ4v) is 1.29. The number of hydrogen-bond acceptors (Lipinski definition) is 4. The second-order valence-electron chi connectivity index (χ2n) is 3.25. The summed E-state index contributed by atoms with van der Waals surface area (Å²) in [6, 6.07) is 1.71. The maximum atomic E-state index is 5.86. The largest absolute Gasteiger partial charge is 0.303 e. The van der Waals surface area contributed by atoms with Crippen LogP contribution in [0.3, 0.4) is 0 Å². The molecule has 0 saturated heterocycles. The Morgan fingerprint density at radius 1 is 1.43 bits per heavy atom. The first kappa shape index (κ1) is 11.2. The first-order valence-electron chi connectivity index (χ1n) is 4.59. The summed E-state index contributed by atoms with van der Waals surface area (Å²) < 4.78 is 0. The number of nitrogens with zero attached hydrogens (tertiary/aromatic N) is 3. The predicted molar refractivity (Wildman–Crippen MR) is 58.3 cm³/mol. The minimum atomic E-state index is 0.479. The van der Waals surface area contributed by atoms with Gasteiger partial charge in [-0.2, -0.15) is 0 Å². The summed E-state index contributed by atoms with van der Waals surface area (Å²) in [5, 5.41) is 2.29. The van der Waals surface area contributed by atoms with Gasteiger partial charge < -0.3 is 5.43 Å². The van der Waals surface area contributed by atoms with E-state index in [4.69, 9.17) is 11.6 Å². The van der Waals surface area contributed by atoms with Crippen LogP contribution in [0.5, 0.6) is 0 Å². The van der Waals surface area contributed by atoms with Crippen molar-refractivity contribution in [2.45, 2.75) is 19.8 Å². The lowest BCUT2D eigenvalue weighted by Crippen LogP contribution is -2.20. The number of halogens is 1. The fourth-order valence-electron chi connectivity index (χ4n) is 1.09. The van der Waals surface area contributed by atoms with Crippen molar-refractivity contribution in [3.63, 3.8) is 0 Å². The topological polar surface area (TPSA) is 41.1 Å². The normalized spacial score (nSPS) is 10.6. The SMILES string of the molecule is CCCc1nc(Cl)cc(NN(C)C)n1. The van der Waals surface area contributed by atoms with Crippen molar-refractivity contribution in [3.05, 3.63) is 17.0 Å². The molecule has 0 bridgehead atoms. The molecule has 0 aliphatic rings. The highest BCUT2D eigenvalue weighted by Crippen LogP contribution is 2.12. The minimum Gasteiger partial charge on any atom is -0.303 e. The van der Waals surface area contributed by atoms with Gasteiger partial charge in [0, 0.05) is 26.6 Å². The predicted octanol–water partition coefficient (Wildman–Crippen LogP) is 1.97. The standard InChI is InChI=1S/C9H15ClN4/c1-4-5-8-11-7(10)6-9(12-8)13-14(2)3/h6H,4-5H2,1-3H3,(H,11,12,13). The van der Waals surface area contributed by atoms with Crippen LogP contribution in [0.1, 0.15) is 19.2 Å². The first-order valence-corrected chi connectivity index (χ1v) is 4.97. The Morgan fingerprint density at radius 2 is 2.14 bits per heavy atom. The van der Waals surface area contributed by atoms with Gasteiger partial charge in [0.05, 0.1) is 0 Å². The summed E-state index contributed by atoms with van der Waals surface area (Å²) in [5.74, 6) is 1.52. The van der Waals surface area contributed by atoms with Crippen molar-refractivity contribution in [2.24, 2.45) is 0 Å². The Bertz CT molecular complexity index is 301. The average Bonchev–Trinajstić information content (AvgIpc) is 2.01. The Labute approximate surface area is 89.3 Å². The van der Waals surface area contributed by atoms with Gasteiger partial charge in [-0.15, -0.1) is 0 Å². The number of hydrogen-bond donors (Lipinski definition) is 1. The van der Waals surface area contributed by atoms with Crippen LogP contribution in [-0.2, 0) is 6.42 Å². The second-order valence-corrected chi connectivity index (χ2v) is 3.64. The van der Waals surface area contributed by atoms with Gasteiger partial charge in [-0.3, -0.25) is 0 Å². The fraction of sp³-hybridized carbons (Fsp3) is 0.556. The minimum absolute atomic E-state index is 0.479. The van der Waals surface area contributed by atoms with Crippen LogP contribution in [0.4, 0.5) is 5.82 Å². The maximum absolute atomic E-state index is 5.86. The Kier molecular flexibility index (Phi) is 4.10. The molecule has 78 valence electrons. The molecular formula is C9H15ClN4.